The summed E-state index contributed by atoms with van der Waals surface area (Å²) in [7, 11) is 0. The zero-order valence-corrected chi connectivity index (χ0v) is 8.77. The maximum absolute atomic E-state index is 13.1. The normalized spacial score (nSPS) is 10.1. The van der Waals surface area contributed by atoms with E-state index in [1.54, 1.807) is 6.07 Å². The highest BCUT2D eigenvalue weighted by Gasteiger charge is 2.06. The predicted molar refractivity (Wildman–Crippen MR) is 56.8 cm³/mol. The largest absolute Gasteiger partial charge is 0.330 e. The molecule has 0 spiro atoms. The molecular weight excluding hydrogens is 233 g/mol. The molecule has 13 heavy (non-hydrogen) atoms. The summed E-state index contributed by atoms with van der Waals surface area (Å²) in [5, 5.41) is 0. The van der Waals surface area contributed by atoms with Gasteiger partial charge in [-0.15, -0.1) is 0 Å². The Bertz CT molecular complexity index is 323. The van der Waals surface area contributed by atoms with Crippen LogP contribution in [0, 0.1) is 5.82 Å². The van der Waals surface area contributed by atoms with Crippen LogP contribution in [-0.4, -0.2) is 6.54 Å². The van der Waals surface area contributed by atoms with Gasteiger partial charge in [0.15, 0.2) is 0 Å². The zero-order valence-electron chi connectivity index (χ0n) is 7.19. The van der Waals surface area contributed by atoms with Crippen molar-refractivity contribution < 1.29 is 4.39 Å². The number of hydrogen-bond acceptors (Lipinski definition) is 1. The molecule has 1 nitrogen and oxygen atoms in total. The van der Waals surface area contributed by atoms with Gasteiger partial charge in [-0.2, -0.15) is 0 Å². The fourth-order valence-corrected chi connectivity index (χ4v) is 1.63. The topological polar surface area (TPSA) is 26.0 Å². The second-order valence-electron chi connectivity index (χ2n) is 2.74. The molecule has 0 heterocycles. The molecule has 1 aromatic carbocycles. The molecule has 0 fully saturated rings. The summed E-state index contributed by atoms with van der Waals surface area (Å²) in [6, 6.07) is 4.89. The van der Waals surface area contributed by atoms with E-state index in [2.05, 4.69) is 22.5 Å². The van der Waals surface area contributed by atoms with E-state index in [1.807, 2.05) is 6.07 Å². The van der Waals surface area contributed by atoms with Crippen molar-refractivity contribution in [1.82, 2.24) is 0 Å². The van der Waals surface area contributed by atoms with Crippen LogP contribution in [-0.2, 0) is 0 Å². The summed E-state index contributed by atoms with van der Waals surface area (Å²) in [6.07, 6.45) is 0.683. The molecule has 0 radical (unpaired) electrons. The highest BCUT2D eigenvalue weighted by Crippen LogP contribution is 2.27. The molecule has 0 saturated heterocycles. The minimum atomic E-state index is -0.268. The second-order valence-corrected chi connectivity index (χ2v) is 3.54. The molecule has 0 atom stereocenters. The van der Waals surface area contributed by atoms with E-state index in [0.717, 1.165) is 11.1 Å². The van der Waals surface area contributed by atoms with Gasteiger partial charge in [0, 0.05) is 0 Å². The average molecular weight is 244 g/mol. The maximum atomic E-state index is 13.1. The summed E-state index contributed by atoms with van der Waals surface area (Å²) >= 11 is 3.17. The molecule has 0 bridgehead atoms. The molecule has 0 aliphatic heterocycles. The lowest BCUT2D eigenvalue weighted by Gasteiger charge is -2.07. The average Bonchev–Trinajstić information content (AvgIpc) is 2.10. The first-order chi connectivity index (χ1) is 6.16. The van der Waals surface area contributed by atoms with Crippen LogP contribution in [0.4, 0.5) is 4.39 Å². The summed E-state index contributed by atoms with van der Waals surface area (Å²) in [6.45, 7) is 4.37. The van der Waals surface area contributed by atoms with E-state index in [-0.39, 0.29) is 5.82 Å². The molecule has 0 unspecified atom stereocenters. The zero-order chi connectivity index (χ0) is 9.84. The smallest absolute Gasteiger partial charge is 0.137 e. The van der Waals surface area contributed by atoms with Crippen LogP contribution >= 0.6 is 15.9 Å². The third-order valence-electron chi connectivity index (χ3n) is 1.78. The van der Waals surface area contributed by atoms with Crippen molar-refractivity contribution in [3.8, 4) is 0 Å². The van der Waals surface area contributed by atoms with Crippen molar-refractivity contribution in [3.05, 3.63) is 40.6 Å². The van der Waals surface area contributed by atoms with Crippen LogP contribution in [0.25, 0.3) is 5.57 Å². The van der Waals surface area contributed by atoms with Crippen LogP contribution in [0.1, 0.15) is 12.0 Å². The van der Waals surface area contributed by atoms with Gasteiger partial charge < -0.3 is 5.73 Å². The quantitative estimate of drug-likeness (QED) is 0.869. The molecule has 70 valence electrons. The molecule has 0 aliphatic carbocycles. The van der Waals surface area contributed by atoms with Gasteiger partial charge in [0.25, 0.3) is 0 Å². The maximum Gasteiger partial charge on any atom is 0.137 e. The van der Waals surface area contributed by atoms with Crippen LogP contribution < -0.4 is 5.73 Å². The van der Waals surface area contributed by atoms with Gasteiger partial charge in [0.1, 0.15) is 5.82 Å². The van der Waals surface area contributed by atoms with E-state index in [4.69, 9.17) is 5.73 Å². The predicted octanol–water partition coefficient (Wildman–Crippen LogP) is 2.95. The first-order valence-corrected chi connectivity index (χ1v) is 4.78. The van der Waals surface area contributed by atoms with Crippen LogP contribution in [0.5, 0.6) is 0 Å². The Kier molecular flexibility index (Phi) is 3.63. The molecule has 1 aromatic rings. The Morgan fingerprint density at radius 2 is 2.23 bits per heavy atom. The van der Waals surface area contributed by atoms with E-state index in [0.29, 0.717) is 17.4 Å². The monoisotopic (exact) mass is 243 g/mol. The third-order valence-corrected chi connectivity index (χ3v) is 2.58. The number of halogens is 2. The number of hydrogen-bond donors (Lipinski definition) is 1. The summed E-state index contributed by atoms with van der Waals surface area (Å²) in [5.74, 6) is -0.268. The molecule has 2 N–H and O–H groups in total. The van der Waals surface area contributed by atoms with Gasteiger partial charge in [-0.25, -0.2) is 4.39 Å². The van der Waals surface area contributed by atoms with Gasteiger partial charge in [-0.3, -0.25) is 0 Å². The number of benzene rings is 1. The fourth-order valence-electron chi connectivity index (χ4n) is 1.09. The lowest BCUT2D eigenvalue weighted by Crippen LogP contribution is -2.00. The first kappa shape index (κ1) is 10.4. The van der Waals surface area contributed by atoms with Crippen molar-refractivity contribution in [2.75, 3.05) is 6.54 Å². The third kappa shape index (κ3) is 2.39. The van der Waals surface area contributed by atoms with Crippen molar-refractivity contribution in [1.29, 1.82) is 0 Å². The molecule has 0 aliphatic rings. The molecule has 0 aromatic heterocycles. The van der Waals surface area contributed by atoms with Crippen molar-refractivity contribution in [2.45, 2.75) is 6.42 Å². The van der Waals surface area contributed by atoms with E-state index >= 15 is 0 Å². The Labute approximate surface area is 85.6 Å². The molecule has 3 heteroatoms. The van der Waals surface area contributed by atoms with Gasteiger partial charge in [-0.05, 0) is 46.1 Å². The van der Waals surface area contributed by atoms with Gasteiger partial charge >= 0.3 is 0 Å². The highest BCUT2D eigenvalue weighted by molar-refractivity contribution is 9.10. The molecule has 1 rings (SSSR count). The van der Waals surface area contributed by atoms with E-state index in [9.17, 15) is 4.39 Å². The summed E-state index contributed by atoms with van der Waals surface area (Å²) in [4.78, 5) is 0. The summed E-state index contributed by atoms with van der Waals surface area (Å²) < 4.78 is 13.5. The lowest BCUT2D eigenvalue weighted by molar-refractivity contribution is 0.620. The van der Waals surface area contributed by atoms with Crippen molar-refractivity contribution in [2.24, 2.45) is 5.73 Å². The minimum absolute atomic E-state index is 0.268. The highest BCUT2D eigenvalue weighted by atomic mass is 79.9. The lowest BCUT2D eigenvalue weighted by atomic mass is 10.0. The number of rotatable bonds is 3. The summed E-state index contributed by atoms with van der Waals surface area (Å²) in [5.41, 5.74) is 7.04. The Balaban J connectivity index is 3.01. The van der Waals surface area contributed by atoms with Gasteiger partial charge in [0.05, 0.1) is 4.47 Å². The molecular formula is C10H11BrFN. The van der Waals surface area contributed by atoms with Crippen LogP contribution in [0.3, 0.4) is 0 Å². The van der Waals surface area contributed by atoms with E-state index < -0.39 is 0 Å². The molecule has 0 amide bonds. The van der Waals surface area contributed by atoms with Crippen LogP contribution in [0.15, 0.2) is 29.3 Å². The van der Waals surface area contributed by atoms with Gasteiger partial charge in [-0.1, -0.05) is 18.7 Å². The Hall–Kier alpha value is -0.670. The Morgan fingerprint density at radius 1 is 1.54 bits per heavy atom. The van der Waals surface area contributed by atoms with E-state index in [1.165, 1.54) is 6.07 Å². The Morgan fingerprint density at radius 3 is 2.85 bits per heavy atom. The van der Waals surface area contributed by atoms with Crippen LogP contribution in [0.2, 0.25) is 0 Å². The standard InChI is InChI=1S/C10H11BrFN/c1-7(5-6-13)8-3-2-4-9(12)10(8)11/h2-4H,1,5-6,13H2. The minimum Gasteiger partial charge on any atom is -0.330 e. The molecule has 0 saturated carbocycles. The second kappa shape index (κ2) is 4.53. The SMILES string of the molecule is C=C(CCN)c1cccc(F)c1Br. The fraction of sp³-hybridized carbons (Fsp3) is 0.200. The number of nitrogens with two attached hydrogens (primary N) is 1. The first-order valence-electron chi connectivity index (χ1n) is 3.99. The van der Waals surface area contributed by atoms with Crippen molar-refractivity contribution in [3.63, 3.8) is 0 Å². The van der Waals surface area contributed by atoms with Gasteiger partial charge in [0.2, 0.25) is 0 Å². The van der Waals surface area contributed by atoms with Crippen molar-refractivity contribution >= 4 is 21.5 Å².